The molecule has 17 heavy (non-hydrogen) atoms. The number of hydrogen-bond acceptors (Lipinski definition) is 5. The number of aromatic nitrogens is 2. The van der Waals surface area contributed by atoms with E-state index in [0.717, 1.165) is 0 Å². The number of carboxylic acids is 1. The van der Waals surface area contributed by atoms with Gasteiger partial charge in [-0.05, 0) is 16.0 Å². The summed E-state index contributed by atoms with van der Waals surface area (Å²) < 4.78 is 6.38. The monoisotopic (exact) mass is 237 g/mol. The van der Waals surface area contributed by atoms with Crippen LogP contribution in [0, 0.1) is 10.1 Å². The predicted molar refractivity (Wildman–Crippen MR) is 53.7 cm³/mol. The first-order valence-corrected chi connectivity index (χ1v) is 4.53. The van der Waals surface area contributed by atoms with Gasteiger partial charge in [-0.3, -0.25) is 0 Å². The van der Waals surface area contributed by atoms with Gasteiger partial charge in [-0.1, -0.05) is 0 Å². The lowest BCUT2D eigenvalue weighted by Crippen LogP contribution is -2.03. The van der Waals surface area contributed by atoms with E-state index >= 15 is 0 Å². The second-order valence-electron chi connectivity index (χ2n) is 3.22. The van der Waals surface area contributed by atoms with Crippen molar-refractivity contribution in [2.45, 2.75) is 6.54 Å². The van der Waals surface area contributed by atoms with Gasteiger partial charge in [-0.25, -0.2) is 4.79 Å². The highest BCUT2D eigenvalue weighted by Crippen LogP contribution is 2.14. The van der Waals surface area contributed by atoms with E-state index in [1.54, 1.807) is 0 Å². The molecule has 0 bridgehead atoms. The number of imidazole rings is 1. The minimum absolute atomic E-state index is 0.0290. The van der Waals surface area contributed by atoms with Gasteiger partial charge in [0.25, 0.3) is 0 Å². The van der Waals surface area contributed by atoms with Gasteiger partial charge in [-0.15, -0.1) is 0 Å². The largest absolute Gasteiger partial charge is 0.478 e. The molecule has 2 aromatic rings. The average Bonchev–Trinajstić information content (AvgIpc) is 2.86. The Hall–Kier alpha value is -2.64. The van der Waals surface area contributed by atoms with E-state index < -0.39 is 10.9 Å². The van der Waals surface area contributed by atoms with Gasteiger partial charge in [0.05, 0.1) is 12.8 Å². The first-order chi connectivity index (χ1) is 8.08. The molecule has 0 atom stereocenters. The highest BCUT2D eigenvalue weighted by Gasteiger charge is 2.16. The van der Waals surface area contributed by atoms with Crippen LogP contribution in [0.3, 0.4) is 0 Å². The number of rotatable bonds is 4. The number of nitrogens with zero attached hydrogens (tertiary/aromatic N) is 3. The van der Waals surface area contributed by atoms with Crippen LogP contribution >= 0.6 is 0 Å². The molecule has 2 rings (SSSR count). The molecule has 0 fully saturated rings. The fraction of sp³-hybridized carbons (Fsp3) is 0.111. The van der Waals surface area contributed by atoms with Gasteiger partial charge in [0.15, 0.2) is 0 Å². The molecule has 0 unspecified atom stereocenters. The number of carboxylic acid groups (broad SMARTS) is 1. The van der Waals surface area contributed by atoms with Crippen LogP contribution in [-0.4, -0.2) is 25.6 Å². The Morgan fingerprint density at radius 1 is 1.65 bits per heavy atom. The summed E-state index contributed by atoms with van der Waals surface area (Å²) in [6.07, 6.45) is 3.70. The molecule has 88 valence electrons. The van der Waals surface area contributed by atoms with Crippen LogP contribution < -0.4 is 0 Å². The molecular formula is C9H7N3O5. The molecule has 0 aromatic carbocycles. The summed E-state index contributed by atoms with van der Waals surface area (Å²) in [5.41, 5.74) is 0.0290. The van der Waals surface area contributed by atoms with Crippen LogP contribution in [0.25, 0.3) is 0 Å². The summed E-state index contributed by atoms with van der Waals surface area (Å²) in [7, 11) is 0. The second-order valence-corrected chi connectivity index (χ2v) is 3.22. The van der Waals surface area contributed by atoms with Crippen molar-refractivity contribution in [3.63, 3.8) is 0 Å². The van der Waals surface area contributed by atoms with Crippen LogP contribution in [0.2, 0.25) is 0 Å². The first kappa shape index (κ1) is 10.9. The third kappa shape index (κ3) is 2.14. The van der Waals surface area contributed by atoms with Crippen molar-refractivity contribution >= 4 is 11.8 Å². The van der Waals surface area contributed by atoms with Crippen molar-refractivity contribution in [1.29, 1.82) is 0 Å². The van der Waals surface area contributed by atoms with E-state index in [2.05, 4.69) is 4.98 Å². The Balaban J connectivity index is 2.22. The zero-order chi connectivity index (χ0) is 12.4. The molecule has 0 aliphatic carbocycles. The minimum Gasteiger partial charge on any atom is -0.478 e. The van der Waals surface area contributed by atoms with E-state index in [0.29, 0.717) is 0 Å². The molecule has 0 radical (unpaired) electrons. The Kier molecular flexibility index (Phi) is 2.61. The molecule has 0 aliphatic heterocycles. The van der Waals surface area contributed by atoms with E-state index in [9.17, 15) is 14.9 Å². The van der Waals surface area contributed by atoms with Gasteiger partial charge >= 0.3 is 11.8 Å². The quantitative estimate of drug-likeness (QED) is 0.630. The maximum Gasteiger partial charge on any atom is 0.381 e. The Bertz CT molecular complexity index is 571. The minimum atomic E-state index is -1.11. The Morgan fingerprint density at radius 3 is 3.00 bits per heavy atom. The van der Waals surface area contributed by atoms with Crippen molar-refractivity contribution in [3.05, 3.63) is 46.3 Å². The maximum atomic E-state index is 10.8. The van der Waals surface area contributed by atoms with Crippen molar-refractivity contribution in [2.24, 2.45) is 0 Å². The van der Waals surface area contributed by atoms with Gasteiger partial charge in [0.2, 0.25) is 6.33 Å². The highest BCUT2D eigenvalue weighted by atomic mass is 16.6. The summed E-state index contributed by atoms with van der Waals surface area (Å²) in [6, 6.07) is 1.32. The lowest BCUT2D eigenvalue weighted by Gasteiger charge is -1.98. The van der Waals surface area contributed by atoms with Crippen LogP contribution in [-0.2, 0) is 6.54 Å². The number of furan rings is 1. The van der Waals surface area contributed by atoms with Crippen molar-refractivity contribution in [3.8, 4) is 0 Å². The summed E-state index contributed by atoms with van der Waals surface area (Å²) >= 11 is 0. The molecular weight excluding hydrogens is 230 g/mol. The summed E-state index contributed by atoms with van der Waals surface area (Å²) in [6.45, 7) is 0.0788. The Labute approximate surface area is 94.3 Å². The van der Waals surface area contributed by atoms with Gasteiger partial charge in [0.1, 0.15) is 17.5 Å². The molecule has 0 amide bonds. The summed E-state index contributed by atoms with van der Waals surface area (Å²) in [5, 5.41) is 19.2. The molecule has 0 spiro atoms. The lowest BCUT2D eigenvalue weighted by atomic mass is 10.2. The number of hydrogen-bond donors (Lipinski definition) is 1. The van der Waals surface area contributed by atoms with Gasteiger partial charge in [-0.2, -0.15) is 0 Å². The zero-order valence-electron chi connectivity index (χ0n) is 8.44. The predicted octanol–water partition coefficient (Wildman–Crippen LogP) is 1.13. The molecule has 2 aromatic heterocycles. The fourth-order valence-electron chi connectivity index (χ4n) is 1.35. The molecule has 8 nitrogen and oxygen atoms in total. The Morgan fingerprint density at radius 2 is 2.41 bits per heavy atom. The average molecular weight is 237 g/mol. The van der Waals surface area contributed by atoms with Crippen LogP contribution in [0.5, 0.6) is 0 Å². The highest BCUT2D eigenvalue weighted by molar-refractivity contribution is 5.88. The number of aromatic carboxylic acids is 1. The molecule has 0 saturated carbocycles. The first-order valence-electron chi connectivity index (χ1n) is 4.53. The van der Waals surface area contributed by atoms with Crippen molar-refractivity contribution in [1.82, 2.24) is 9.55 Å². The number of nitro groups is 1. The lowest BCUT2D eigenvalue weighted by molar-refractivity contribution is -0.389. The molecule has 2 heterocycles. The topological polar surface area (TPSA) is 111 Å². The fourth-order valence-corrected chi connectivity index (χ4v) is 1.35. The SMILES string of the molecule is O=C(O)c1ccoc1Cn1cnc([N+](=O)[O-])c1. The van der Waals surface area contributed by atoms with Crippen LogP contribution in [0.4, 0.5) is 5.82 Å². The summed E-state index contributed by atoms with van der Waals surface area (Å²) in [5.74, 6) is -1.19. The van der Waals surface area contributed by atoms with E-state index in [1.165, 1.54) is 29.4 Å². The number of carbonyl (C=O) groups is 1. The molecule has 0 saturated heterocycles. The second kappa shape index (κ2) is 4.08. The molecule has 1 N–H and O–H groups in total. The van der Waals surface area contributed by atoms with E-state index in [1.807, 2.05) is 0 Å². The standard InChI is InChI=1S/C9H7N3O5/c13-9(14)6-1-2-17-7(6)3-11-4-8(10-5-11)12(15)16/h1-2,4-5H,3H2,(H,13,14). The van der Waals surface area contributed by atoms with E-state index in [4.69, 9.17) is 9.52 Å². The molecule has 8 heteroatoms. The normalized spacial score (nSPS) is 10.4. The smallest absolute Gasteiger partial charge is 0.381 e. The van der Waals surface area contributed by atoms with Crippen molar-refractivity contribution < 1.29 is 19.2 Å². The third-order valence-corrected chi connectivity index (χ3v) is 2.11. The van der Waals surface area contributed by atoms with Gasteiger partial charge in [0, 0.05) is 0 Å². The summed E-state index contributed by atoms with van der Waals surface area (Å²) in [4.78, 5) is 24.1. The molecule has 0 aliphatic rings. The maximum absolute atomic E-state index is 10.8. The van der Waals surface area contributed by atoms with E-state index in [-0.39, 0.29) is 23.7 Å². The van der Waals surface area contributed by atoms with Gasteiger partial charge < -0.3 is 24.2 Å². The third-order valence-electron chi connectivity index (χ3n) is 2.11. The van der Waals surface area contributed by atoms with Crippen LogP contribution in [0.1, 0.15) is 16.1 Å². The van der Waals surface area contributed by atoms with Crippen molar-refractivity contribution in [2.75, 3.05) is 0 Å². The zero-order valence-corrected chi connectivity index (χ0v) is 8.44. The van der Waals surface area contributed by atoms with Crippen LogP contribution in [0.15, 0.2) is 29.3 Å².